The van der Waals surface area contributed by atoms with E-state index in [1.165, 1.54) is 0 Å². The van der Waals surface area contributed by atoms with Crippen molar-refractivity contribution < 1.29 is 9.53 Å². The van der Waals surface area contributed by atoms with Crippen LogP contribution in [0.4, 0.5) is 0 Å². The zero-order valence-electron chi connectivity index (χ0n) is 10.5. The van der Waals surface area contributed by atoms with Crippen molar-refractivity contribution in [1.82, 2.24) is 5.32 Å². The first-order chi connectivity index (χ1) is 7.54. The van der Waals surface area contributed by atoms with Crippen molar-refractivity contribution in [3.8, 4) is 0 Å². The number of amides is 1. The Balaban J connectivity index is 2.42. The van der Waals surface area contributed by atoms with E-state index in [2.05, 4.69) is 19.2 Å². The molecule has 0 bridgehead atoms. The van der Waals surface area contributed by atoms with E-state index in [0.717, 1.165) is 12.8 Å². The van der Waals surface area contributed by atoms with E-state index in [9.17, 15) is 4.79 Å². The lowest BCUT2D eigenvalue weighted by molar-refractivity contribution is -0.126. The molecule has 4 heteroatoms. The SMILES string of the molecule is CC1CC(C(=O)NC(CCN)C(C)C)CO1. The Bertz CT molecular complexity index is 231. The molecule has 0 aromatic carbocycles. The largest absolute Gasteiger partial charge is 0.378 e. The highest BCUT2D eigenvalue weighted by Gasteiger charge is 2.29. The van der Waals surface area contributed by atoms with Gasteiger partial charge >= 0.3 is 0 Å². The molecule has 3 unspecified atom stereocenters. The lowest BCUT2D eigenvalue weighted by Gasteiger charge is -2.23. The molecule has 3 N–H and O–H groups in total. The summed E-state index contributed by atoms with van der Waals surface area (Å²) in [6, 6.07) is 0.188. The van der Waals surface area contributed by atoms with E-state index in [0.29, 0.717) is 19.1 Å². The van der Waals surface area contributed by atoms with Crippen LogP contribution in [-0.4, -0.2) is 31.2 Å². The molecular weight excluding hydrogens is 204 g/mol. The lowest BCUT2D eigenvalue weighted by Crippen LogP contribution is -2.43. The van der Waals surface area contributed by atoms with Gasteiger partial charge in [0, 0.05) is 6.04 Å². The molecule has 16 heavy (non-hydrogen) atoms. The molecule has 1 amide bonds. The summed E-state index contributed by atoms with van der Waals surface area (Å²) in [5.41, 5.74) is 5.54. The van der Waals surface area contributed by atoms with E-state index in [-0.39, 0.29) is 24.0 Å². The Kier molecular flexibility index (Phi) is 5.22. The smallest absolute Gasteiger partial charge is 0.225 e. The minimum atomic E-state index is 0.0222. The molecule has 0 saturated carbocycles. The van der Waals surface area contributed by atoms with Crippen molar-refractivity contribution in [2.45, 2.75) is 45.8 Å². The first-order valence-electron chi connectivity index (χ1n) is 6.16. The van der Waals surface area contributed by atoms with Gasteiger partial charge in [0.05, 0.1) is 18.6 Å². The zero-order valence-corrected chi connectivity index (χ0v) is 10.5. The number of ether oxygens (including phenoxy) is 1. The topological polar surface area (TPSA) is 64.4 Å². The Hall–Kier alpha value is -0.610. The van der Waals surface area contributed by atoms with E-state index >= 15 is 0 Å². The molecule has 1 fully saturated rings. The molecule has 1 saturated heterocycles. The van der Waals surface area contributed by atoms with Crippen LogP contribution in [0.1, 0.15) is 33.6 Å². The molecule has 0 spiro atoms. The highest BCUT2D eigenvalue weighted by Crippen LogP contribution is 2.19. The first kappa shape index (κ1) is 13.5. The average molecular weight is 228 g/mol. The van der Waals surface area contributed by atoms with Gasteiger partial charge in [0.1, 0.15) is 0 Å². The lowest BCUT2D eigenvalue weighted by atomic mass is 9.98. The summed E-state index contributed by atoms with van der Waals surface area (Å²) >= 11 is 0. The van der Waals surface area contributed by atoms with Crippen LogP contribution in [0.25, 0.3) is 0 Å². The van der Waals surface area contributed by atoms with Crippen molar-refractivity contribution in [2.75, 3.05) is 13.2 Å². The molecule has 1 rings (SSSR count). The highest BCUT2D eigenvalue weighted by molar-refractivity contribution is 5.79. The number of nitrogens with two attached hydrogens (primary N) is 1. The third-order valence-electron chi connectivity index (χ3n) is 3.18. The fourth-order valence-corrected chi connectivity index (χ4v) is 2.05. The average Bonchev–Trinajstić information content (AvgIpc) is 2.64. The number of nitrogens with one attached hydrogen (secondary N) is 1. The summed E-state index contributed by atoms with van der Waals surface area (Å²) in [7, 11) is 0. The standard InChI is InChI=1S/C12H24N2O2/c1-8(2)11(4-5-13)14-12(15)10-6-9(3)16-7-10/h8-11H,4-7,13H2,1-3H3,(H,14,15). The molecule has 1 heterocycles. The second-order valence-corrected chi connectivity index (χ2v) is 5.01. The number of carbonyl (C=O) groups excluding carboxylic acids is 1. The van der Waals surface area contributed by atoms with Gasteiger partial charge in [0.15, 0.2) is 0 Å². The Morgan fingerprint density at radius 2 is 2.25 bits per heavy atom. The van der Waals surface area contributed by atoms with Gasteiger partial charge in [-0.25, -0.2) is 0 Å². The van der Waals surface area contributed by atoms with Crippen LogP contribution in [0, 0.1) is 11.8 Å². The van der Waals surface area contributed by atoms with Crippen LogP contribution in [0.2, 0.25) is 0 Å². The van der Waals surface area contributed by atoms with E-state index in [1.807, 2.05) is 6.92 Å². The molecular formula is C12H24N2O2. The summed E-state index contributed by atoms with van der Waals surface area (Å²) < 4.78 is 5.40. The molecule has 3 atom stereocenters. The third-order valence-corrected chi connectivity index (χ3v) is 3.18. The Labute approximate surface area is 97.9 Å². The van der Waals surface area contributed by atoms with Crippen LogP contribution >= 0.6 is 0 Å². The van der Waals surface area contributed by atoms with E-state index in [1.54, 1.807) is 0 Å². The predicted molar refractivity (Wildman–Crippen MR) is 64.0 cm³/mol. The summed E-state index contributed by atoms with van der Waals surface area (Å²) in [5, 5.41) is 3.08. The zero-order chi connectivity index (χ0) is 12.1. The summed E-state index contributed by atoms with van der Waals surface area (Å²) in [5.74, 6) is 0.567. The highest BCUT2D eigenvalue weighted by atomic mass is 16.5. The monoisotopic (exact) mass is 228 g/mol. The summed E-state index contributed by atoms with van der Waals surface area (Å²) in [6.07, 6.45) is 1.88. The maximum atomic E-state index is 11.9. The van der Waals surface area contributed by atoms with Crippen molar-refractivity contribution in [2.24, 2.45) is 17.6 Å². The molecule has 4 nitrogen and oxygen atoms in total. The van der Waals surface area contributed by atoms with E-state index < -0.39 is 0 Å². The molecule has 0 radical (unpaired) electrons. The predicted octanol–water partition coefficient (Wildman–Crippen LogP) is 0.901. The second kappa shape index (κ2) is 6.21. The van der Waals surface area contributed by atoms with Crippen molar-refractivity contribution in [1.29, 1.82) is 0 Å². The quantitative estimate of drug-likeness (QED) is 0.735. The molecule has 0 aromatic rings. The van der Waals surface area contributed by atoms with Crippen LogP contribution in [0.15, 0.2) is 0 Å². The van der Waals surface area contributed by atoms with Gasteiger partial charge in [-0.3, -0.25) is 4.79 Å². The molecule has 1 aliphatic heterocycles. The Morgan fingerprint density at radius 3 is 2.69 bits per heavy atom. The molecule has 0 aliphatic carbocycles. The maximum absolute atomic E-state index is 11.9. The molecule has 1 aliphatic rings. The normalized spacial score (nSPS) is 27.1. The van der Waals surface area contributed by atoms with Crippen LogP contribution < -0.4 is 11.1 Å². The fraction of sp³-hybridized carbons (Fsp3) is 0.917. The first-order valence-corrected chi connectivity index (χ1v) is 6.16. The Morgan fingerprint density at radius 1 is 1.56 bits per heavy atom. The van der Waals surface area contributed by atoms with Crippen LogP contribution in [0.5, 0.6) is 0 Å². The number of hydrogen-bond donors (Lipinski definition) is 2. The fourth-order valence-electron chi connectivity index (χ4n) is 2.05. The van der Waals surface area contributed by atoms with Crippen molar-refractivity contribution in [3.05, 3.63) is 0 Å². The molecule has 0 aromatic heterocycles. The maximum Gasteiger partial charge on any atom is 0.225 e. The van der Waals surface area contributed by atoms with Gasteiger partial charge in [-0.1, -0.05) is 13.8 Å². The van der Waals surface area contributed by atoms with Crippen LogP contribution in [0.3, 0.4) is 0 Å². The summed E-state index contributed by atoms with van der Waals surface area (Å²) in [6.45, 7) is 7.39. The van der Waals surface area contributed by atoms with Crippen molar-refractivity contribution in [3.63, 3.8) is 0 Å². The molecule has 94 valence electrons. The van der Waals surface area contributed by atoms with Crippen LogP contribution in [-0.2, 0) is 9.53 Å². The third kappa shape index (κ3) is 3.76. The minimum Gasteiger partial charge on any atom is -0.378 e. The second-order valence-electron chi connectivity index (χ2n) is 5.01. The number of carbonyl (C=O) groups is 1. The minimum absolute atomic E-state index is 0.0222. The van der Waals surface area contributed by atoms with Gasteiger partial charge in [0.2, 0.25) is 5.91 Å². The van der Waals surface area contributed by atoms with Gasteiger partial charge in [0.25, 0.3) is 0 Å². The van der Waals surface area contributed by atoms with Gasteiger partial charge in [-0.05, 0) is 32.2 Å². The van der Waals surface area contributed by atoms with Gasteiger partial charge < -0.3 is 15.8 Å². The number of rotatable bonds is 5. The van der Waals surface area contributed by atoms with E-state index in [4.69, 9.17) is 10.5 Å². The van der Waals surface area contributed by atoms with Gasteiger partial charge in [-0.2, -0.15) is 0 Å². The summed E-state index contributed by atoms with van der Waals surface area (Å²) in [4.78, 5) is 11.9. The number of hydrogen-bond acceptors (Lipinski definition) is 3. The van der Waals surface area contributed by atoms with Crippen molar-refractivity contribution >= 4 is 5.91 Å². The van der Waals surface area contributed by atoms with Gasteiger partial charge in [-0.15, -0.1) is 0 Å².